The normalized spacial score (nSPS) is 10.4. The lowest BCUT2D eigenvalue weighted by atomic mass is 10.4. The number of anilines is 1. The van der Waals surface area contributed by atoms with Gasteiger partial charge in [0.25, 0.3) is 11.8 Å². The summed E-state index contributed by atoms with van der Waals surface area (Å²) in [5.74, 6) is -0.216. The van der Waals surface area contributed by atoms with Crippen LogP contribution in [0.4, 0.5) is 6.01 Å². The summed E-state index contributed by atoms with van der Waals surface area (Å²) >= 11 is 1.47. The lowest BCUT2D eigenvalue weighted by Crippen LogP contribution is -2.13. The number of hydrogen-bond donors (Lipinski definition) is 1. The van der Waals surface area contributed by atoms with Crippen molar-refractivity contribution in [1.29, 1.82) is 0 Å². The molecule has 0 atom stereocenters. The minimum absolute atomic E-state index is 0.0127. The predicted molar refractivity (Wildman–Crippen MR) is 70.1 cm³/mol. The highest BCUT2D eigenvalue weighted by atomic mass is 32.1. The maximum absolute atomic E-state index is 11.8. The van der Waals surface area contributed by atoms with E-state index in [4.69, 9.17) is 4.42 Å². The van der Waals surface area contributed by atoms with Crippen LogP contribution in [0, 0.1) is 6.92 Å². The first-order valence-electron chi connectivity index (χ1n) is 5.56. The van der Waals surface area contributed by atoms with E-state index in [9.17, 15) is 4.79 Å². The average Bonchev–Trinajstić information content (AvgIpc) is 3.09. The maximum Gasteiger partial charge on any atom is 0.322 e. The van der Waals surface area contributed by atoms with Crippen LogP contribution in [0.1, 0.15) is 15.5 Å². The highest BCUT2D eigenvalue weighted by molar-refractivity contribution is 7.09. The minimum Gasteiger partial charge on any atom is -0.401 e. The number of aromatic nitrogens is 5. The van der Waals surface area contributed by atoms with Crippen molar-refractivity contribution in [2.75, 3.05) is 5.32 Å². The molecule has 0 aromatic carbocycles. The van der Waals surface area contributed by atoms with Gasteiger partial charge in [-0.3, -0.25) is 15.1 Å². The summed E-state index contributed by atoms with van der Waals surface area (Å²) in [7, 11) is 0. The Morgan fingerprint density at radius 3 is 2.95 bits per heavy atom. The summed E-state index contributed by atoms with van der Waals surface area (Å²) in [5, 5.41) is 12.7. The Balaban J connectivity index is 1.76. The Hall–Kier alpha value is -2.68. The molecule has 0 fully saturated rings. The van der Waals surface area contributed by atoms with E-state index in [1.165, 1.54) is 29.9 Å². The quantitative estimate of drug-likeness (QED) is 0.779. The number of carbonyl (C=O) groups is 1. The molecule has 1 N–H and O–H groups in total. The summed E-state index contributed by atoms with van der Waals surface area (Å²) in [4.78, 5) is 23.7. The topological polar surface area (TPSA) is 107 Å². The summed E-state index contributed by atoms with van der Waals surface area (Å²) in [5.41, 5.74) is 0.747. The second-order valence-corrected chi connectivity index (χ2v) is 4.77. The Kier molecular flexibility index (Phi) is 3.17. The molecule has 0 radical (unpaired) electrons. The molecule has 3 aromatic heterocycles. The predicted octanol–water partition coefficient (Wildman–Crippen LogP) is 1.54. The van der Waals surface area contributed by atoms with Gasteiger partial charge in [0.2, 0.25) is 0 Å². The third-order valence-corrected chi connectivity index (χ3v) is 3.05. The largest absolute Gasteiger partial charge is 0.401 e. The molecule has 0 aliphatic heterocycles. The fourth-order valence-electron chi connectivity index (χ4n) is 1.42. The van der Waals surface area contributed by atoms with Crippen molar-refractivity contribution in [2.24, 2.45) is 0 Å². The van der Waals surface area contributed by atoms with E-state index in [1.54, 1.807) is 5.38 Å². The van der Waals surface area contributed by atoms with Crippen LogP contribution in [0.25, 0.3) is 11.6 Å². The fourth-order valence-corrected chi connectivity index (χ4v) is 2.00. The van der Waals surface area contributed by atoms with Crippen LogP contribution < -0.4 is 5.32 Å². The zero-order valence-corrected chi connectivity index (χ0v) is 11.1. The minimum atomic E-state index is -0.470. The molecule has 100 valence electrons. The highest BCUT2D eigenvalue weighted by Crippen LogP contribution is 2.21. The van der Waals surface area contributed by atoms with Crippen molar-refractivity contribution in [3.05, 3.63) is 34.7 Å². The Morgan fingerprint density at radius 2 is 2.25 bits per heavy atom. The highest BCUT2D eigenvalue weighted by Gasteiger charge is 2.14. The number of carbonyl (C=O) groups excluding carboxylic acids is 1. The lowest BCUT2D eigenvalue weighted by Gasteiger charge is -1.97. The van der Waals surface area contributed by atoms with Crippen molar-refractivity contribution >= 4 is 23.3 Å². The second kappa shape index (κ2) is 5.13. The van der Waals surface area contributed by atoms with Crippen LogP contribution in [0.15, 0.2) is 28.4 Å². The summed E-state index contributed by atoms with van der Waals surface area (Å²) in [6, 6.07) is -0.0127. The van der Waals surface area contributed by atoms with Crippen molar-refractivity contribution < 1.29 is 9.21 Å². The number of nitrogens with zero attached hydrogens (tertiary/aromatic N) is 5. The molecular formula is C11H8N6O2S. The zero-order valence-electron chi connectivity index (χ0n) is 10.3. The second-order valence-electron chi connectivity index (χ2n) is 3.71. The van der Waals surface area contributed by atoms with Gasteiger partial charge in [0.1, 0.15) is 11.4 Å². The van der Waals surface area contributed by atoms with E-state index in [1.807, 2.05) is 6.92 Å². The van der Waals surface area contributed by atoms with Crippen LogP contribution in [0.3, 0.4) is 0 Å². The molecule has 0 spiro atoms. The van der Waals surface area contributed by atoms with Gasteiger partial charge in [-0.1, -0.05) is 5.10 Å². The summed E-state index contributed by atoms with van der Waals surface area (Å²) < 4.78 is 5.32. The molecular weight excluding hydrogens is 280 g/mol. The standard InChI is InChI=1S/C11H8N6O2S/c1-6-14-8(5-20-6)10-16-17-11(19-10)15-9(18)7-4-12-2-3-13-7/h2-5H,1H3,(H,15,17,18). The van der Waals surface area contributed by atoms with Gasteiger partial charge in [0.15, 0.2) is 0 Å². The SMILES string of the molecule is Cc1nc(-c2nnc(NC(=O)c3cnccn3)o2)cs1. The number of hydrogen-bond acceptors (Lipinski definition) is 8. The first-order chi connectivity index (χ1) is 9.72. The van der Waals surface area contributed by atoms with Crippen LogP contribution >= 0.6 is 11.3 Å². The number of rotatable bonds is 3. The molecule has 20 heavy (non-hydrogen) atoms. The van der Waals surface area contributed by atoms with E-state index >= 15 is 0 Å². The summed E-state index contributed by atoms with van der Waals surface area (Å²) in [6.45, 7) is 1.88. The van der Waals surface area contributed by atoms with E-state index in [0.29, 0.717) is 5.69 Å². The van der Waals surface area contributed by atoms with Gasteiger partial charge in [0, 0.05) is 17.8 Å². The third kappa shape index (κ3) is 2.52. The van der Waals surface area contributed by atoms with Crippen LogP contribution in [-0.2, 0) is 0 Å². The van der Waals surface area contributed by atoms with E-state index in [-0.39, 0.29) is 17.6 Å². The molecule has 3 rings (SSSR count). The van der Waals surface area contributed by atoms with E-state index in [0.717, 1.165) is 5.01 Å². The molecule has 0 bridgehead atoms. The van der Waals surface area contributed by atoms with E-state index < -0.39 is 5.91 Å². The Bertz CT molecular complexity index is 738. The molecule has 0 aliphatic rings. The molecule has 0 saturated carbocycles. The number of nitrogens with one attached hydrogen (secondary N) is 1. The lowest BCUT2D eigenvalue weighted by molar-refractivity contribution is 0.101. The van der Waals surface area contributed by atoms with Gasteiger partial charge in [-0.25, -0.2) is 9.97 Å². The number of thiazole rings is 1. The van der Waals surface area contributed by atoms with Gasteiger partial charge in [-0.15, -0.1) is 16.4 Å². The number of amides is 1. The van der Waals surface area contributed by atoms with Gasteiger partial charge < -0.3 is 4.42 Å². The van der Waals surface area contributed by atoms with Crippen LogP contribution in [-0.4, -0.2) is 31.1 Å². The first kappa shape index (κ1) is 12.4. The molecule has 0 unspecified atom stereocenters. The smallest absolute Gasteiger partial charge is 0.322 e. The third-order valence-electron chi connectivity index (χ3n) is 2.28. The summed E-state index contributed by atoms with van der Waals surface area (Å²) in [6.07, 6.45) is 4.24. The zero-order chi connectivity index (χ0) is 13.9. The van der Waals surface area contributed by atoms with Crippen LogP contribution in [0.2, 0.25) is 0 Å². The number of aryl methyl sites for hydroxylation is 1. The molecule has 8 nitrogen and oxygen atoms in total. The van der Waals surface area contributed by atoms with Gasteiger partial charge >= 0.3 is 6.01 Å². The molecule has 1 amide bonds. The Labute approximate surface area is 116 Å². The van der Waals surface area contributed by atoms with Gasteiger partial charge in [0.05, 0.1) is 11.2 Å². The molecule has 0 aliphatic carbocycles. The monoisotopic (exact) mass is 288 g/mol. The van der Waals surface area contributed by atoms with Crippen molar-refractivity contribution in [3.63, 3.8) is 0 Å². The van der Waals surface area contributed by atoms with Crippen LogP contribution in [0.5, 0.6) is 0 Å². The molecule has 3 aromatic rings. The molecule has 9 heteroatoms. The van der Waals surface area contributed by atoms with E-state index in [2.05, 4.69) is 30.5 Å². The van der Waals surface area contributed by atoms with Gasteiger partial charge in [-0.05, 0) is 6.92 Å². The van der Waals surface area contributed by atoms with Gasteiger partial charge in [-0.2, -0.15) is 0 Å². The Morgan fingerprint density at radius 1 is 1.35 bits per heavy atom. The fraction of sp³-hybridized carbons (Fsp3) is 0.0909. The van der Waals surface area contributed by atoms with Crippen molar-refractivity contribution in [2.45, 2.75) is 6.92 Å². The maximum atomic E-state index is 11.8. The van der Waals surface area contributed by atoms with Crippen molar-refractivity contribution in [1.82, 2.24) is 25.1 Å². The first-order valence-corrected chi connectivity index (χ1v) is 6.44. The van der Waals surface area contributed by atoms with Crippen molar-refractivity contribution in [3.8, 4) is 11.6 Å². The molecule has 0 saturated heterocycles. The molecule has 3 heterocycles. The average molecular weight is 288 g/mol.